The van der Waals surface area contributed by atoms with Crippen LogP contribution in [0.25, 0.3) is 0 Å². The van der Waals surface area contributed by atoms with Gasteiger partial charge in [-0.2, -0.15) is 5.26 Å². The van der Waals surface area contributed by atoms with Crippen LogP contribution < -0.4 is 10.6 Å². The largest absolute Gasteiger partial charge is 0.316 e. The first kappa shape index (κ1) is 23.2. The predicted octanol–water partition coefficient (Wildman–Crippen LogP) is 4.87. The molecule has 4 nitrogen and oxygen atoms in total. The van der Waals surface area contributed by atoms with Crippen LogP contribution in [0.2, 0.25) is 0 Å². The van der Waals surface area contributed by atoms with Crippen molar-refractivity contribution in [3.05, 3.63) is 101 Å². The maximum absolute atomic E-state index is 13.3. The molecule has 0 aliphatic rings. The number of benzene rings is 3. The zero-order chi connectivity index (χ0) is 20.8. The predicted molar refractivity (Wildman–Crippen MR) is 124 cm³/mol. The average Bonchev–Trinajstić information content (AvgIpc) is 2.76. The molecule has 5 heteroatoms. The minimum Gasteiger partial charge on any atom is -0.316 e. The molecule has 30 heavy (non-hydrogen) atoms. The Labute approximate surface area is 184 Å². The third kappa shape index (κ3) is 5.48. The van der Waals surface area contributed by atoms with E-state index in [1.54, 1.807) is 17.0 Å². The molecule has 0 bridgehead atoms. The van der Waals surface area contributed by atoms with Crippen LogP contribution in [0.5, 0.6) is 0 Å². The van der Waals surface area contributed by atoms with Crippen LogP contribution >= 0.6 is 12.4 Å². The van der Waals surface area contributed by atoms with Gasteiger partial charge >= 0.3 is 0 Å². The van der Waals surface area contributed by atoms with Crippen LogP contribution in [0.1, 0.15) is 33.9 Å². The second-order valence-corrected chi connectivity index (χ2v) is 7.21. The summed E-state index contributed by atoms with van der Waals surface area (Å²) in [6.07, 6.45) is 0.673. The summed E-state index contributed by atoms with van der Waals surface area (Å²) in [6, 6.07) is 24.3. The van der Waals surface area contributed by atoms with Crippen molar-refractivity contribution in [3.63, 3.8) is 0 Å². The Morgan fingerprint density at radius 1 is 1.00 bits per heavy atom. The highest BCUT2D eigenvalue weighted by Gasteiger charge is 2.24. The van der Waals surface area contributed by atoms with Gasteiger partial charge in [0, 0.05) is 12.2 Å². The van der Waals surface area contributed by atoms with Crippen LogP contribution in [0, 0.1) is 25.2 Å². The third-order valence-corrected chi connectivity index (χ3v) is 5.20. The molecular formula is C25H26ClN3O. The van der Waals surface area contributed by atoms with Crippen LogP contribution in [-0.2, 0) is 11.2 Å². The standard InChI is InChI=1S/C25H25N3O.ClH/c1-18-8-13-23(16-19(18)2)28(15-14-20-9-11-21(17-26)12-10-20)25(29)24(27)22-6-4-3-5-7-22;/h3-13,16,24H,14-15,27H2,1-2H3;1H/t24-;/m0./s1. The van der Waals surface area contributed by atoms with Gasteiger partial charge in [0.15, 0.2) is 0 Å². The van der Waals surface area contributed by atoms with Gasteiger partial charge in [0.2, 0.25) is 5.91 Å². The summed E-state index contributed by atoms with van der Waals surface area (Å²) in [5.74, 6) is -0.131. The van der Waals surface area contributed by atoms with E-state index in [0.29, 0.717) is 18.5 Å². The Kier molecular flexibility index (Phi) is 8.17. The van der Waals surface area contributed by atoms with Crippen LogP contribution in [0.15, 0.2) is 72.8 Å². The molecule has 3 aromatic rings. The number of halogens is 1. The number of carbonyl (C=O) groups excluding carboxylic acids is 1. The fraction of sp³-hybridized carbons (Fsp3) is 0.200. The van der Waals surface area contributed by atoms with Crippen molar-refractivity contribution in [2.75, 3.05) is 11.4 Å². The molecule has 0 aromatic heterocycles. The number of hydrogen-bond acceptors (Lipinski definition) is 3. The van der Waals surface area contributed by atoms with E-state index in [0.717, 1.165) is 22.4 Å². The molecule has 0 spiro atoms. The van der Waals surface area contributed by atoms with Crippen LogP contribution in [-0.4, -0.2) is 12.5 Å². The second kappa shape index (κ2) is 10.6. The van der Waals surface area contributed by atoms with E-state index in [4.69, 9.17) is 11.0 Å². The first-order valence-corrected chi connectivity index (χ1v) is 9.68. The van der Waals surface area contributed by atoms with Gasteiger partial charge in [0.05, 0.1) is 11.6 Å². The lowest BCUT2D eigenvalue weighted by atomic mass is 10.0. The zero-order valence-corrected chi connectivity index (χ0v) is 18.0. The van der Waals surface area contributed by atoms with E-state index >= 15 is 0 Å². The Balaban J connectivity index is 0.00000320. The quantitative estimate of drug-likeness (QED) is 0.619. The molecule has 0 fully saturated rings. The summed E-state index contributed by atoms with van der Waals surface area (Å²) in [5, 5.41) is 8.97. The highest BCUT2D eigenvalue weighted by molar-refractivity contribution is 5.97. The molecule has 1 atom stereocenters. The van der Waals surface area contributed by atoms with Crippen molar-refractivity contribution in [2.24, 2.45) is 5.73 Å². The van der Waals surface area contributed by atoms with E-state index in [-0.39, 0.29) is 18.3 Å². The Bertz CT molecular complexity index is 1030. The van der Waals surface area contributed by atoms with Gasteiger partial charge in [0.1, 0.15) is 6.04 Å². The number of rotatable bonds is 6. The van der Waals surface area contributed by atoms with Gasteiger partial charge in [-0.3, -0.25) is 4.79 Å². The number of nitriles is 1. The van der Waals surface area contributed by atoms with E-state index in [1.165, 1.54) is 5.56 Å². The molecule has 0 heterocycles. The number of nitrogens with zero attached hydrogens (tertiary/aromatic N) is 2. The molecule has 0 aliphatic heterocycles. The Hall–Kier alpha value is -3.13. The number of nitrogens with two attached hydrogens (primary N) is 1. The normalized spacial score (nSPS) is 11.1. The Morgan fingerprint density at radius 3 is 2.27 bits per heavy atom. The van der Waals surface area contributed by atoms with E-state index in [2.05, 4.69) is 13.0 Å². The zero-order valence-electron chi connectivity index (χ0n) is 17.2. The molecule has 3 rings (SSSR count). The molecule has 0 unspecified atom stereocenters. The number of aryl methyl sites for hydroxylation is 2. The van der Waals surface area contributed by atoms with Gasteiger partial charge in [0.25, 0.3) is 0 Å². The average molecular weight is 420 g/mol. The maximum Gasteiger partial charge on any atom is 0.248 e. The summed E-state index contributed by atoms with van der Waals surface area (Å²) in [4.78, 5) is 15.1. The lowest BCUT2D eigenvalue weighted by Gasteiger charge is -2.27. The fourth-order valence-corrected chi connectivity index (χ4v) is 3.22. The maximum atomic E-state index is 13.3. The highest BCUT2D eigenvalue weighted by atomic mass is 35.5. The number of hydrogen-bond donors (Lipinski definition) is 1. The van der Waals surface area contributed by atoms with Crippen molar-refractivity contribution in [1.82, 2.24) is 0 Å². The molecule has 0 saturated heterocycles. The SMILES string of the molecule is Cc1ccc(N(CCc2ccc(C#N)cc2)C(=O)[C@@H](N)c2ccccc2)cc1C.Cl. The van der Waals surface area contributed by atoms with E-state index in [9.17, 15) is 4.79 Å². The summed E-state index contributed by atoms with van der Waals surface area (Å²) < 4.78 is 0. The summed E-state index contributed by atoms with van der Waals surface area (Å²) in [6.45, 7) is 4.60. The van der Waals surface area contributed by atoms with Crippen LogP contribution in [0.3, 0.4) is 0 Å². The molecule has 2 N–H and O–H groups in total. The minimum atomic E-state index is -0.723. The molecule has 3 aromatic carbocycles. The van der Waals surface area contributed by atoms with E-state index in [1.807, 2.05) is 67.6 Å². The summed E-state index contributed by atoms with van der Waals surface area (Å²) >= 11 is 0. The van der Waals surface area contributed by atoms with Crippen molar-refractivity contribution in [1.29, 1.82) is 5.26 Å². The third-order valence-electron chi connectivity index (χ3n) is 5.20. The first-order chi connectivity index (χ1) is 14.0. The summed E-state index contributed by atoms with van der Waals surface area (Å²) in [7, 11) is 0. The molecule has 0 aliphatic carbocycles. The fourth-order valence-electron chi connectivity index (χ4n) is 3.22. The lowest BCUT2D eigenvalue weighted by molar-refractivity contribution is -0.120. The van der Waals surface area contributed by atoms with Crippen LogP contribution in [0.4, 0.5) is 5.69 Å². The lowest BCUT2D eigenvalue weighted by Crippen LogP contribution is -2.40. The monoisotopic (exact) mass is 419 g/mol. The molecule has 0 saturated carbocycles. The minimum absolute atomic E-state index is 0. The number of anilines is 1. The number of carbonyl (C=O) groups is 1. The molecule has 0 radical (unpaired) electrons. The molecule has 154 valence electrons. The van der Waals surface area contributed by atoms with E-state index < -0.39 is 6.04 Å². The van der Waals surface area contributed by atoms with Crippen molar-refractivity contribution in [3.8, 4) is 6.07 Å². The van der Waals surface area contributed by atoms with Crippen molar-refractivity contribution < 1.29 is 4.79 Å². The summed E-state index contributed by atoms with van der Waals surface area (Å²) in [5.41, 5.74) is 12.0. The molecular weight excluding hydrogens is 394 g/mol. The van der Waals surface area contributed by atoms with Gasteiger partial charge in [-0.15, -0.1) is 12.4 Å². The number of amides is 1. The van der Waals surface area contributed by atoms with Gasteiger partial charge in [-0.1, -0.05) is 48.5 Å². The molecule has 1 amide bonds. The highest BCUT2D eigenvalue weighted by Crippen LogP contribution is 2.23. The van der Waals surface area contributed by atoms with Gasteiger partial charge in [-0.05, 0) is 66.8 Å². The smallest absolute Gasteiger partial charge is 0.248 e. The van der Waals surface area contributed by atoms with Gasteiger partial charge < -0.3 is 10.6 Å². The van der Waals surface area contributed by atoms with Gasteiger partial charge in [-0.25, -0.2) is 0 Å². The topological polar surface area (TPSA) is 70.1 Å². The first-order valence-electron chi connectivity index (χ1n) is 9.68. The van der Waals surface area contributed by atoms with Crippen molar-refractivity contribution >= 4 is 24.0 Å². The second-order valence-electron chi connectivity index (χ2n) is 7.21. The Morgan fingerprint density at radius 2 is 1.67 bits per heavy atom. The van der Waals surface area contributed by atoms with Crippen molar-refractivity contribution in [2.45, 2.75) is 26.3 Å².